The van der Waals surface area contributed by atoms with Crippen LogP contribution in [0, 0.1) is 0 Å². The van der Waals surface area contributed by atoms with E-state index in [1.165, 1.54) is 0 Å². The third-order valence-electron chi connectivity index (χ3n) is 1.71. The first-order valence-electron chi connectivity index (χ1n) is 3.91. The predicted molar refractivity (Wildman–Crippen MR) is 48.8 cm³/mol. The van der Waals surface area contributed by atoms with E-state index in [4.69, 9.17) is 16.7 Å². The summed E-state index contributed by atoms with van der Waals surface area (Å²) in [5, 5.41) is 13.2. The number of halogens is 1. The Labute approximate surface area is 79.8 Å². The number of aromatic nitrogens is 3. The van der Waals surface area contributed by atoms with Gasteiger partial charge in [0.2, 0.25) is 0 Å². The van der Waals surface area contributed by atoms with Crippen LogP contribution in [-0.4, -0.2) is 26.3 Å². The molecular formula is C8H8ClN3O. The van der Waals surface area contributed by atoms with E-state index in [0.29, 0.717) is 11.6 Å². The van der Waals surface area contributed by atoms with E-state index in [9.17, 15) is 0 Å². The Kier molecular flexibility index (Phi) is 2.16. The maximum atomic E-state index is 8.70. The molecule has 2 aromatic heterocycles. The quantitative estimate of drug-likeness (QED) is 0.779. The van der Waals surface area contributed by atoms with E-state index in [0.717, 1.165) is 11.3 Å². The fraction of sp³-hybridized carbons (Fsp3) is 0.250. The van der Waals surface area contributed by atoms with Gasteiger partial charge in [0.25, 0.3) is 0 Å². The molecule has 0 unspecified atom stereocenters. The van der Waals surface area contributed by atoms with Gasteiger partial charge in [-0.15, -0.1) is 0 Å². The number of hydrogen-bond acceptors (Lipinski definition) is 3. The second kappa shape index (κ2) is 3.32. The summed E-state index contributed by atoms with van der Waals surface area (Å²) < 4.78 is 1.60. The summed E-state index contributed by atoms with van der Waals surface area (Å²) >= 11 is 5.70. The summed E-state index contributed by atoms with van der Waals surface area (Å²) in [6, 6.07) is 3.48. The van der Waals surface area contributed by atoms with Crippen LogP contribution in [0.5, 0.6) is 0 Å². The molecule has 2 rings (SSSR count). The summed E-state index contributed by atoms with van der Waals surface area (Å²) in [7, 11) is 0. The zero-order valence-corrected chi connectivity index (χ0v) is 7.57. The Hall–Kier alpha value is -1.13. The summed E-state index contributed by atoms with van der Waals surface area (Å²) in [5.41, 5.74) is 1.56. The minimum Gasteiger partial charge on any atom is -0.396 e. The van der Waals surface area contributed by atoms with E-state index in [-0.39, 0.29) is 6.61 Å². The average molecular weight is 198 g/mol. The molecule has 0 aliphatic heterocycles. The SMILES string of the molecule is OCCc1cn2nc(Cl)ccc2n1. The van der Waals surface area contributed by atoms with Gasteiger partial charge in [-0.25, -0.2) is 9.50 Å². The van der Waals surface area contributed by atoms with E-state index in [1.807, 2.05) is 0 Å². The van der Waals surface area contributed by atoms with Gasteiger partial charge in [-0.1, -0.05) is 11.6 Å². The summed E-state index contributed by atoms with van der Waals surface area (Å²) in [6.07, 6.45) is 2.30. The molecule has 13 heavy (non-hydrogen) atoms. The van der Waals surface area contributed by atoms with E-state index < -0.39 is 0 Å². The topological polar surface area (TPSA) is 50.4 Å². The Morgan fingerprint density at radius 2 is 2.31 bits per heavy atom. The minimum atomic E-state index is 0.0949. The van der Waals surface area contributed by atoms with Crippen LogP contribution in [0.3, 0.4) is 0 Å². The van der Waals surface area contributed by atoms with Crippen molar-refractivity contribution in [1.29, 1.82) is 0 Å². The summed E-state index contributed by atoms with van der Waals surface area (Å²) in [6.45, 7) is 0.0949. The molecule has 4 nitrogen and oxygen atoms in total. The molecule has 0 spiro atoms. The number of aliphatic hydroxyl groups excluding tert-OH is 1. The minimum absolute atomic E-state index is 0.0949. The molecule has 0 saturated carbocycles. The molecule has 0 amide bonds. The zero-order valence-electron chi connectivity index (χ0n) is 6.81. The number of nitrogens with zero attached hydrogens (tertiary/aromatic N) is 3. The molecule has 5 heteroatoms. The second-order valence-electron chi connectivity index (χ2n) is 2.66. The first kappa shape index (κ1) is 8.47. The van der Waals surface area contributed by atoms with Crippen molar-refractivity contribution in [3.05, 3.63) is 29.2 Å². The van der Waals surface area contributed by atoms with Crippen LogP contribution in [0.4, 0.5) is 0 Å². The fourth-order valence-electron chi connectivity index (χ4n) is 1.14. The van der Waals surface area contributed by atoms with Crippen molar-refractivity contribution < 1.29 is 5.11 Å². The lowest BCUT2D eigenvalue weighted by molar-refractivity contribution is 0.298. The predicted octanol–water partition coefficient (Wildman–Crippen LogP) is 0.917. The zero-order chi connectivity index (χ0) is 9.26. The normalized spacial score (nSPS) is 10.9. The molecule has 0 aliphatic carbocycles. The van der Waals surface area contributed by atoms with Gasteiger partial charge < -0.3 is 5.11 Å². The van der Waals surface area contributed by atoms with Gasteiger partial charge in [-0.3, -0.25) is 0 Å². The number of rotatable bonds is 2. The van der Waals surface area contributed by atoms with Crippen LogP contribution < -0.4 is 0 Å². The van der Waals surface area contributed by atoms with Crippen LogP contribution >= 0.6 is 11.6 Å². The third kappa shape index (κ3) is 1.64. The van der Waals surface area contributed by atoms with Crippen molar-refractivity contribution in [2.24, 2.45) is 0 Å². The van der Waals surface area contributed by atoms with Gasteiger partial charge in [-0.2, -0.15) is 5.10 Å². The lowest BCUT2D eigenvalue weighted by Gasteiger charge is -1.90. The van der Waals surface area contributed by atoms with Crippen molar-refractivity contribution in [3.8, 4) is 0 Å². The van der Waals surface area contributed by atoms with Gasteiger partial charge >= 0.3 is 0 Å². The van der Waals surface area contributed by atoms with Gasteiger partial charge in [0.05, 0.1) is 11.9 Å². The highest BCUT2D eigenvalue weighted by molar-refractivity contribution is 6.29. The van der Waals surface area contributed by atoms with Crippen molar-refractivity contribution >= 4 is 17.2 Å². The standard InChI is InChI=1S/C8H8ClN3O/c9-7-1-2-8-10-6(3-4-13)5-12(8)11-7/h1-2,5,13H,3-4H2. The second-order valence-corrected chi connectivity index (χ2v) is 3.05. The van der Waals surface area contributed by atoms with Crippen LogP contribution in [-0.2, 0) is 6.42 Å². The highest BCUT2D eigenvalue weighted by Gasteiger charge is 2.01. The molecule has 0 radical (unpaired) electrons. The van der Waals surface area contributed by atoms with E-state index >= 15 is 0 Å². The van der Waals surface area contributed by atoms with Crippen LogP contribution in [0.15, 0.2) is 18.3 Å². The lowest BCUT2D eigenvalue weighted by atomic mass is 10.4. The summed E-state index contributed by atoms with van der Waals surface area (Å²) in [4.78, 5) is 4.23. The molecule has 1 N–H and O–H groups in total. The van der Waals surface area contributed by atoms with Crippen molar-refractivity contribution in [1.82, 2.24) is 14.6 Å². The van der Waals surface area contributed by atoms with Crippen LogP contribution in [0.1, 0.15) is 5.69 Å². The Morgan fingerprint density at radius 1 is 1.46 bits per heavy atom. The molecule has 0 saturated heterocycles. The Bertz CT molecular complexity index is 426. The van der Waals surface area contributed by atoms with Gasteiger partial charge in [-0.05, 0) is 12.1 Å². The highest BCUT2D eigenvalue weighted by Crippen LogP contribution is 2.08. The van der Waals surface area contributed by atoms with Crippen molar-refractivity contribution in [2.45, 2.75) is 6.42 Å². The maximum Gasteiger partial charge on any atom is 0.153 e. The first-order valence-corrected chi connectivity index (χ1v) is 4.29. The fourth-order valence-corrected chi connectivity index (χ4v) is 1.29. The van der Waals surface area contributed by atoms with Gasteiger partial charge in [0, 0.05) is 13.0 Å². The number of hydrogen-bond donors (Lipinski definition) is 1. The smallest absolute Gasteiger partial charge is 0.153 e. The van der Waals surface area contributed by atoms with E-state index in [2.05, 4.69) is 10.1 Å². The van der Waals surface area contributed by atoms with Crippen LogP contribution in [0.2, 0.25) is 5.15 Å². The molecular weight excluding hydrogens is 190 g/mol. The Morgan fingerprint density at radius 3 is 3.08 bits per heavy atom. The number of fused-ring (bicyclic) bond motifs is 1. The largest absolute Gasteiger partial charge is 0.396 e. The third-order valence-corrected chi connectivity index (χ3v) is 1.91. The maximum absolute atomic E-state index is 8.70. The molecule has 68 valence electrons. The monoisotopic (exact) mass is 197 g/mol. The lowest BCUT2D eigenvalue weighted by Crippen LogP contribution is -1.89. The summed E-state index contributed by atoms with van der Waals surface area (Å²) in [5.74, 6) is 0. The molecule has 0 bridgehead atoms. The van der Waals surface area contributed by atoms with E-state index in [1.54, 1.807) is 22.8 Å². The van der Waals surface area contributed by atoms with Crippen molar-refractivity contribution in [2.75, 3.05) is 6.61 Å². The molecule has 0 aromatic carbocycles. The number of aliphatic hydroxyl groups is 1. The number of imidazole rings is 1. The molecule has 0 aliphatic rings. The van der Waals surface area contributed by atoms with Gasteiger partial charge in [0.15, 0.2) is 5.65 Å². The average Bonchev–Trinajstić information content (AvgIpc) is 2.46. The molecule has 2 heterocycles. The van der Waals surface area contributed by atoms with Gasteiger partial charge in [0.1, 0.15) is 5.15 Å². The molecule has 0 atom stereocenters. The highest BCUT2D eigenvalue weighted by atomic mass is 35.5. The van der Waals surface area contributed by atoms with Crippen molar-refractivity contribution in [3.63, 3.8) is 0 Å². The first-order chi connectivity index (χ1) is 6.29. The molecule has 2 aromatic rings. The Balaban J connectivity index is 2.49. The van der Waals surface area contributed by atoms with Crippen LogP contribution in [0.25, 0.3) is 5.65 Å². The molecule has 0 fully saturated rings.